The minimum atomic E-state index is -1.14. The number of nitrogens with two attached hydrogens (primary N) is 3. The molecule has 10 N–H and O–H groups in total. The van der Waals surface area contributed by atoms with Crippen molar-refractivity contribution in [3.05, 3.63) is 0 Å². The van der Waals surface area contributed by atoms with E-state index in [1.165, 1.54) is 0 Å². The maximum absolute atomic E-state index is 12.9. The van der Waals surface area contributed by atoms with E-state index in [0.717, 1.165) is 0 Å². The summed E-state index contributed by atoms with van der Waals surface area (Å²) in [6.45, 7) is 7.26. The molecule has 12 nitrogen and oxygen atoms in total. The lowest BCUT2D eigenvalue weighted by Crippen LogP contribution is -2.57. The van der Waals surface area contributed by atoms with Crippen LogP contribution in [-0.2, 0) is 19.2 Å². The van der Waals surface area contributed by atoms with E-state index in [2.05, 4.69) is 20.9 Å². The first-order chi connectivity index (χ1) is 14.9. The first-order valence-electron chi connectivity index (χ1n) is 10.8. The van der Waals surface area contributed by atoms with Gasteiger partial charge in [-0.25, -0.2) is 4.79 Å². The number of aliphatic imine (C=N–C) groups is 1. The summed E-state index contributed by atoms with van der Waals surface area (Å²) >= 11 is 0. The zero-order valence-corrected chi connectivity index (χ0v) is 19.4. The number of carbonyl (C=O) groups is 4. The number of aliphatic carboxylic acids is 1. The Balaban J connectivity index is 5.42. The van der Waals surface area contributed by atoms with Gasteiger partial charge in [-0.15, -0.1) is 0 Å². The molecule has 3 amide bonds. The van der Waals surface area contributed by atoms with Crippen molar-refractivity contribution in [3.63, 3.8) is 0 Å². The summed E-state index contributed by atoms with van der Waals surface area (Å²) in [5.74, 6) is -3.18. The number of carboxylic acid groups (broad SMARTS) is 1. The third kappa shape index (κ3) is 11.5. The van der Waals surface area contributed by atoms with Crippen LogP contribution in [0.2, 0.25) is 0 Å². The third-order valence-corrected chi connectivity index (χ3v) is 4.90. The SMILES string of the molecule is CCC(C)C(NC(=O)C(CC(C)C)NC(=O)C(CCCN=C(N)N)NC(=O)CN)C(=O)O. The van der Waals surface area contributed by atoms with Crippen LogP contribution >= 0.6 is 0 Å². The molecule has 32 heavy (non-hydrogen) atoms. The highest BCUT2D eigenvalue weighted by molar-refractivity contribution is 5.93. The number of carbonyl (C=O) groups excluding carboxylic acids is 3. The molecule has 0 rings (SSSR count). The Labute approximate surface area is 189 Å². The largest absolute Gasteiger partial charge is 0.480 e. The van der Waals surface area contributed by atoms with Crippen LogP contribution < -0.4 is 33.2 Å². The van der Waals surface area contributed by atoms with Crippen LogP contribution in [0.25, 0.3) is 0 Å². The van der Waals surface area contributed by atoms with Crippen molar-refractivity contribution in [1.82, 2.24) is 16.0 Å². The zero-order valence-electron chi connectivity index (χ0n) is 19.4. The van der Waals surface area contributed by atoms with Crippen molar-refractivity contribution >= 4 is 29.7 Å². The number of hydrogen-bond donors (Lipinski definition) is 7. The second-order valence-corrected chi connectivity index (χ2v) is 8.17. The Hall–Kier alpha value is -2.89. The number of carboxylic acids is 1. The molecule has 184 valence electrons. The van der Waals surface area contributed by atoms with E-state index < -0.39 is 41.8 Å². The first-order valence-corrected chi connectivity index (χ1v) is 10.8. The van der Waals surface area contributed by atoms with Gasteiger partial charge in [-0.2, -0.15) is 0 Å². The Bertz CT molecular complexity index is 665. The van der Waals surface area contributed by atoms with Crippen LogP contribution in [0.15, 0.2) is 4.99 Å². The second kappa shape index (κ2) is 15.0. The maximum Gasteiger partial charge on any atom is 0.326 e. The number of guanidine groups is 1. The van der Waals surface area contributed by atoms with Gasteiger partial charge >= 0.3 is 5.97 Å². The molecule has 0 saturated carbocycles. The summed E-state index contributed by atoms with van der Waals surface area (Å²) in [7, 11) is 0. The predicted octanol–water partition coefficient (Wildman–Crippen LogP) is -1.37. The lowest BCUT2D eigenvalue weighted by Gasteiger charge is -2.27. The number of rotatable bonds is 15. The molecular formula is C20H39N7O5. The van der Waals surface area contributed by atoms with Crippen molar-refractivity contribution < 1.29 is 24.3 Å². The number of nitrogens with one attached hydrogen (secondary N) is 3. The standard InChI is InChI=1S/C20H39N7O5/c1-5-12(4)16(19(31)32)27-18(30)14(9-11(2)3)26-17(29)13(25-15(28)10-21)7-6-8-24-20(22)23/h11-14,16H,5-10,21H2,1-4H3,(H,25,28)(H,26,29)(H,27,30)(H,31,32)(H4,22,23,24). The molecule has 0 bridgehead atoms. The molecule has 0 fully saturated rings. The Morgan fingerprint density at radius 2 is 1.56 bits per heavy atom. The fourth-order valence-electron chi connectivity index (χ4n) is 2.94. The van der Waals surface area contributed by atoms with Gasteiger partial charge in [-0.05, 0) is 31.1 Å². The van der Waals surface area contributed by atoms with E-state index in [1.54, 1.807) is 6.92 Å². The van der Waals surface area contributed by atoms with Gasteiger partial charge in [0.25, 0.3) is 0 Å². The highest BCUT2D eigenvalue weighted by atomic mass is 16.4. The van der Waals surface area contributed by atoms with Crippen LogP contribution in [0, 0.1) is 11.8 Å². The Morgan fingerprint density at radius 1 is 0.969 bits per heavy atom. The molecule has 4 unspecified atom stereocenters. The van der Waals surface area contributed by atoms with E-state index in [9.17, 15) is 24.3 Å². The third-order valence-electron chi connectivity index (χ3n) is 4.90. The summed E-state index contributed by atoms with van der Waals surface area (Å²) in [5.41, 5.74) is 15.9. The molecule has 0 aromatic rings. The zero-order chi connectivity index (χ0) is 24.8. The van der Waals surface area contributed by atoms with E-state index in [-0.39, 0.29) is 43.7 Å². The van der Waals surface area contributed by atoms with Gasteiger partial charge in [0, 0.05) is 6.54 Å². The van der Waals surface area contributed by atoms with Crippen LogP contribution in [0.4, 0.5) is 0 Å². The van der Waals surface area contributed by atoms with E-state index in [0.29, 0.717) is 12.8 Å². The van der Waals surface area contributed by atoms with E-state index >= 15 is 0 Å². The lowest BCUT2D eigenvalue weighted by molar-refractivity contribution is -0.144. The van der Waals surface area contributed by atoms with Crippen LogP contribution in [0.3, 0.4) is 0 Å². The quantitative estimate of drug-likeness (QED) is 0.0882. The fraction of sp³-hybridized carbons (Fsp3) is 0.750. The first kappa shape index (κ1) is 29.1. The van der Waals surface area contributed by atoms with Crippen molar-refractivity contribution in [3.8, 4) is 0 Å². The van der Waals surface area contributed by atoms with Gasteiger partial charge in [0.1, 0.15) is 18.1 Å². The Morgan fingerprint density at radius 3 is 2.03 bits per heavy atom. The van der Waals surface area contributed by atoms with Gasteiger partial charge in [0.15, 0.2) is 5.96 Å². The molecular weight excluding hydrogens is 418 g/mol. The van der Waals surface area contributed by atoms with Crippen molar-refractivity contribution in [2.24, 2.45) is 34.0 Å². The number of amides is 3. The smallest absolute Gasteiger partial charge is 0.326 e. The van der Waals surface area contributed by atoms with Crippen LogP contribution in [-0.4, -0.2) is 66.0 Å². The highest BCUT2D eigenvalue weighted by Crippen LogP contribution is 2.11. The average Bonchev–Trinajstić information content (AvgIpc) is 2.71. The van der Waals surface area contributed by atoms with Crippen LogP contribution in [0.5, 0.6) is 0 Å². The minimum absolute atomic E-state index is 0.0388. The molecule has 0 radical (unpaired) electrons. The van der Waals surface area contributed by atoms with E-state index in [4.69, 9.17) is 17.2 Å². The molecule has 0 aliphatic rings. The molecule has 0 spiro atoms. The maximum atomic E-state index is 12.9. The summed E-state index contributed by atoms with van der Waals surface area (Å²) in [5, 5.41) is 17.2. The van der Waals surface area contributed by atoms with Gasteiger partial charge < -0.3 is 38.3 Å². The van der Waals surface area contributed by atoms with Gasteiger partial charge in [0.2, 0.25) is 17.7 Å². The summed E-state index contributed by atoms with van der Waals surface area (Å²) in [4.78, 5) is 52.9. The van der Waals surface area contributed by atoms with Crippen molar-refractivity contribution in [1.29, 1.82) is 0 Å². The highest BCUT2D eigenvalue weighted by Gasteiger charge is 2.31. The Kier molecular flexibility index (Phi) is 13.6. The predicted molar refractivity (Wildman–Crippen MR) is 121 cm³/mol. The summed E-state index contributed by atoms with van der Waals surface area (Å²) < 4.78 is 0. The van der Waals surface area contributed by atoms with E-state index in [1.807, 2.05) is 20.8 Å². The van der Waals surface area contributed by atoms with Gasteiger partial charge in [-0.1, -0.05) is 34.1 Å². The molecule has 0 heterocycles. The van der Waals surface area contributed by atoms with Crippen molar-refractivity contribution in [2.45, 2.75) is 71.5 Å². The van der Waals surface area contributed by atoms with Gasteiger partial charge in [-0.3, -0.25) is 19.4 Å². The lowest BCUT2D eigenvalue weighted by atomic mass is 9.97. The monoisotopic (exact) mass is 457 g/mol. The summed E-state index contributed by atoms with van der Waals surface area (Å²) in [6.07, 6.45) is 1.46. The minimum Gasteiger partial charge on any atom is -0.480 e. The molecule has 0 saturated heterocycles. The molecule has 0 aliphatic heterocycles. The molecule has 0 aromatic carbocycles. The molecule has 0 aromatic heterocycles. The normalized spacial score (nSPS) is 14.6. The topological polar surface area (TPSA) is 215 Å². The second-order valence-electron chi connectivity index (χ2n) is 8.17. The molecule has 12 heteroatoms. The number of hydrogen-bond acceptors (Lipinski definition) is 6. The molecule has 4 atom stereocenters. The number of nitrogens with zero attached hydrogens (tertiary/aromatic N) is 1. The summed E-state index contributed by atoms with van der Waals surface area (Å²) in [6, 6.07) is -3.00. The van der Waals surface area contributed by atoms with Crippen molar-refractivity contribution in [2.75, 3.05) is 13.1 Å². The fourth-order valence-corrected chi connectivity index (χ4v) is 2.94. The van der Waals surface area contributed by atoms with Crippen LogP contribution in [0.1, 0.15) is 53.4 Å². The van der Waals surface area contributed by atoms with Gasteiger partial charge in [0.05, 0.1) is 6.54 Å². The average molecular weight is 458 g/mol. The molecule has 0 aliphatic carbocycles.